The minimum absolute atomic E-state index is 0.529. The van der Waals surface area contributed by atoms with Crippen molar-refractivity contribution < 1.29 is 9.90 Å². The highest BCUT2D eigenvalue weighted by molar-refractivity contribution is 5.79. The zero-order chi connectivity index (χ0) is 11.5. The molecule has 0 aromatic rings. The van der Waals surface area contributed by atoms with Gasteiger partial charge in [-0.15, -0.1) is 0 Å². The molecular weight excluding hydrogens is 190 g/mol. The third kappa shape index (κ3) is 2.51. The molecule has 0 aliphatic heterocycles. The fourth-order valence-corrected chi connectivity index (χ4v) is 2.67. The van der Waals surface area contributed by atoms with Crippen molar-refractivity contribution >= 4 is 5.97 Å². The van der Waals surface area contributed by atoms with Gasteiger partial charge in [0.1, 0.15) is 5.54 Å². The third-order valence-corrected chi connectivity index (χ3v) is 3.40. The predicted molar refractivity (Wildman–Crippen MR) is 60.9 cm³/mol. The Morgan fingerprint density at radius 2 is 1.93 bits per heavy atom. The molecule has 0 atom stereocenters. The van der Waals surface area contributed by atoms with Crippen LogP contribution in [0.3, 0.4) is 0 Å². The van der Waals surface area contributed by atoms with Gasteiger partial charge in [-0.2, -0.15) is 0 Å². The average molecular weight is 213 g/mol. The molecule has 3 heteroatoms. The van der Waals surface area contributed by atoms with E-state index >= 15 is 0 Å². The van der Waals surface area contributed by atoms with Gasteiger partial charge in [-0.25, -0.2) is 0 Å². The van der Waals surface area contributed by atoms with Gasteiger partial charge in [0.15, 0.2) is 0 Å². The maximum absolute atomic E-state index is 11.5. The molecule has 0 bridgehead atoms. The van der Waals surface area contributed by atoms with E-state index in [9.17, 15) is 9.90 Å². The van der Waals surface area contributed by atoms with Crippen LogP contribution in [0, 0.1) is 5.92 Å². The average Bonchev–Trinajstić information content (AvgIpc) is 2.63. The lowest BCUT2D eigenvalue weighted by Crippen LogP contribution is -2.53. The number of carbonyl (C=O) groups is 1. The standard InChI is InChI=1S/C12H23NO2/c1-4-13(9-10(2)3)12(11(14)15)7-5-6-8-12/h10H,4-9H2,1-3H3,(H,14,15). The molecule has 1 aliphatic carbocycles. The Morgan fingerprint density at radius 3 is 2.27 bits per heavy atom. The van der Waals surface area contributed by atoms with Gasteiger partial charge < -0.3 is 5.11 Å². The van der Waals surface area contributed by atoms with Crippen LogP contribution in [0.25, 0.3) is 0 Å². The van der Waals surface area contributed by atoms with Crippen molar-refractivity contribution in [1.29, 1.82) is 0 Å². The van der Waals surface area contributed by atoms with Gasteiger partial charge in [0, 0.05) is 6.54 Å². The maximum atomic E-state index is 11.5. The Kier molecular flexibility index (Phi) is 4.14. The largest absolute Gasteiger partial charge is 0.480 e. The van der Waals surface area contributed by atoms with Crippen molar-refractivity contribution in [3.05, 3.63) is 0 Å². The van der Waals surface area contributed by atoms with E-state index in [2.05, 4.69) is 25.7 Å². The number of carboxylic acid groups (broad SMARTS) is 1. The first-order valence-electron chi connectivity index (χ1n) is 6.01. The van der Waals surface area contributed by atoms with Gasteiger partial charge in [0.05, 0.1) is 0 Å². The van der Waals surface area contributed by atoms with Crippen molar-refractivity contribution in [2.75, 3.05) is 13.1 Å². The summed E-state index contributed by atoms with van der Waals surface area (Å²) >= 11 is 0. The molecule has 0 saturated heterocycles. The second kappa shape index (κ2) is 4.97. The van der Waals surface area contributed by atoms with Crippen molar-refractivity contribution in [1.82, 2.24) is 4.90 Å². The molecule has 3 nitrogen and oxygen atoms in total. The molecule has 0 spiro atoms. The molecule has 1 N–H and O–H groups in total. The smallest absolute Gasteiger partial charge is 0.324 e. The normalized spacial score (nSPS) is 20.1. The number of hydrogen-bond donors (Lipinski definition) is 1. The van der Waals surface area contributed by atoms with Crippen LogP contribution in [0.4, 0.5) is 0 Å². The Balaban J connectivity index is 2.81. The molecule has 0 aromatic heterocycles. The van der Waals surface area contributed by atoms with Crippen LogP contribution in [0.5, 0.6) is 0 Å². The molecule has 15 heavy (non-hydrogen) atoms. The van der Waals surface area contributed by atoms with Gasteiger partial charge in [0.25, 0.3) is 0 Å². The van der Waals surface area contributed by atoms with E-state index < -0.39 is 11.5 Å². The maximum Gasteiger partial charge on any atom is 0.324 e. The van der Waals surface area contributed by atoms with E-state index in [4.69, 9.17) is 0 Å². The van der Waals surface area contributed by atoms with Crippen molar-refractivity contribution in [2.24, 2.45) is 5.92 Å². The topological polar surface area (TPSA) is 40.5 Å². The summed E-state index contributed by atoms with van der Waals surface area (Å²) in [5.74, 6) is -0.0933. The van der Waals surface area contributed by atoms with Crippen LogP contribution >= 0.6 is 0 Å². The van der Waals surface area contributed by atoms with Gasteiger partial charge in [0.2, 0.25) is 0 Å². The Bertz CT molecular complexity index is 220. The van der Waals surface area contributed by atoms with Crippen molar-refractivity contribution in [3.63, 3.8) is 0 Å². The van der Waals surface area contributed by atoms with Crippen molar-refractivity contribution in [2.45, 2.75) is 52.0 Å². The van der Waals surface area contributed by atoms with E-state index in [-0.39, 0.29) is 0 Å². The molecule has 1 rings (SSSR count). The fourth-order valence-electron chi connectivity index (χ4n) is 2.67. The molecule has 0 aromatic carbocycles. The first kappa shape index (κ1) is 12.5. The highest BCUT2D eigenvalue weighted by Crippen LogP contribution is 2.35. The molecule has 1 saturated carbocycles. The monoisotopic (exact) mass is 213 g/mol. The summed E-state index contributed by atoms with van der Waals surface area (Å²) in [6.07, 6.45) is 3.76. The van der Waals surface area contributed by atoms with Crippen LogP contribution in [0.1, 0.15) is 46.5 Å². The molecular formula is C12H23NO2. The number of nitrogens with zero attached hydrogens (tertiary/aromatic N) is 1. The molecule has 0 unspecified atom stereocenters. The second-order valence-corrected chi connectivity index (χ2v) is 4.98. The third-order valence-electron chi connectivity index (χ3n) is 3.40. The molecule has 0 radical (unpaired) electrons. The Morgan fingerprint density at radius 1 is 1.40 bits per heavy atom. The summed E-state index contributed by atoms with van der Waals surface area (Å²) in [7, 11) is 0. The van der Waals surface area contributed by atoms with Gasteiger partial charge in [-0.1, -0.05) is 33.6 Å². The lowest BCUT2D eigenvalue weighted by molar-refractivity contribution is -0.151. The van der Waals surface area contributed by atoms with Crippen molar-refractivity contribution in [3.8, 4) is 0 Å². The second-order valence-electron chi connectivity index (χ2n) is 4.98. The summed E-state index contributed by atoms with van der Waals surface area (Å²) in [5, 5.41) is 9.44. The Hall–Kier alpha value is -0.570. The van der Waals surface area contributed by atoms with E-state index in [0.29, 0.717) is 5.92 Å². The van der Waals surface area contributed by atoms with Crippen LogP contribution < -0.4 is 0 Å². The lowest BCUT2D eigenvalue weighted by atomic mass is 9.94. The molecule has 0 heterocycles. The minimum Gasteiger partial charge on any atom is -0.480 e. The van der Waals surface area contributed by atoms with Gasteiger partial charge in [-0.3, -0.25) is 9.69 Å². The quantitative estimate of drug-likeness (QED) is 0.762. The van der Waals surface area contributed by atoms with Crippen LogP contribution in [0.15, 0.2) is 0 Å². The van der Waals surface area contributed by atoms with E-state index in [1.54, 1.807) is 0 Å². The minimum atomic E-state index is -0.623. The Labute approximate surface area is 92.5 Å². The van der Waals surface area contributed by atoms with E-state index in [1.807, 2.05) is 0 Å². The summed E-state index contributed by atoms with van der Waals surface area (Å²) in [5.41, 5.74) is -0.557. The van der Waals surface area contributed by atoms with Gasteiger partial charge >= 0.3 is 5.97 Å². The first-order valence-corrected chi connectivity index (χ1v) is 6.01. The predicted octanol–water partition coefficient (Wildman–Crippen LogP) is 2.36. The van der Waals surface area contributed by atoms with Gasteiger partial charge in [-0.05, 0) is 25.3 Å². The zero-order valence-electron chi connectivity index (χ0n) is 10.1. The van der Waals surface area contributed by atoms with E-state index in [0.717, 1.165) is 38.8 Å². The number of likely N-dealkylation sites (N-methyl/N-ethyl adjacent to an activating group) is 1. The fraction of sp³-hybridized carbons (Fsp3) is 0.917. The molecule has 0 amide bonds. The number of hydrogen-bond acceptors (Lipinski definition) is 2. The summed E-state index contributed by atoms with van der Waals surface area (Å²) < 4.78 is 0. The first-order chi connectivity index (χ1) is 7.03. The lowest BCUT2D eigenvalue weighted by Gasteiger charge is -2.38. The molecule has 1 aliphatic rings. The summed E-state index contributed by atoms with van der Waals surface area (Å²) in [6, 6.07) is 0. The zero-order valence-corrected chi connectivity index (χ0v) is 10.1. The number of rotatable bonds is 5. The number of carboxylic acids is 1. The van der Waals surface area contributed by atoms with E-state index in [1.165, 1.54) is 0 Å². The SMILES string of the molecule is CCN(CC(C)C)C1(C(=O)O)CCCC1. The van der Waals surface area contributed by atoms with Crippen LogP contribution in [-0.4, -0.2) is 34.6 Å². The van der Waals surface area contributed by atoms with Crippen LogP contribution in [0.2, 0.25) is 0 Å². The molecule has 88 valence electrons. The van der Waals surface area contributed by atoms with Crippen LogP contribution in [-0.2, 0) is 4.79 Å². The molecule has 1 fully saturated rings. The highest BCUT2D eigenvalue weighted by Gasteiger charge is 2.45. The summed E-state index contributed by atoms with van der Waals surface area (Å²) in [6.45, 7) is 8.08. The summed E-state index contributed by atoms with van der Waals surface area (Å²) in [4.78, 5) is 13.6. The number of aliphatic carboxylic acids is 1. The highest BCUT2D eigenvalue weighted by atomic mass is 16.4.